The van der Waals surface area contributed by atoms with Crippen molar-refractivity contribution in [1.82, 2.24) is 15.0 Å². The number of fused-ring (bicyclic) bond motifs is 1. The first-order valence-electron chi connectivity index (χ1n) is 14.5. The molecule has 4 heterocycles. The number of rotatable bonds is 9. The Morgan fingerprint density at radius 1 is 1.12 bits per heavy atom. The normalized spacial score (nSPS) is 23.3. The number of hydrogen-bond acceptors (Lipinski definition) is 8. The Balaban J connectivity index is 1.24. The summed E-state index contributed by atoms with van der Waals surface area (Å²) in [5.74, 6) is -0.295. The highest BCUT2D eigenvalue weighted by Gasteiger charge is 2.58. The molecule has 1 aliphatic carbocycles. The number of carbonyl (C=O) groups is 1. The Morgan fingerprint density at radius 3 is 2.79 bits per heavy atom. The summed E-state index contributed by atoms with van der Waals surface area (Å²) in [6.07, 6.45) is 0.904. The van der Waals surface area contributed by atoms with E-state index in [-0.39, 0.29) is 29.9 Å². The van der Waals surface area contributed by atoms with Crippen LogP contribution in [0.4, 0.5) is 18.9 Å². The van der Waals surface area contributed by atoms with Gasteiger partial charge in [-0.25, -0.2) is 0 Å². The first-order chi connectivity index (χ1) is 20.7. The van der Waals surface area contributed by atoms with Crippen molar-refractivity contribution in [3.63, 3.8) is 0 Å². The lowest BCUT2D eigenvalue weighted by atomic mass is 9.92. The molecule has 1 amide bonds. The van der Waals surface area contributed by atoms with Gasteiger partial charge in [-0.15, -0.1) is 0 Å². The average molecular weight is 599 g/mol. The van der Waals surface area contributed by atoms with Crippen LogP contribution in [0.15, 0.2) is 42.6 Å². The molecule has 2 aliphatic heterocycles. The molecule has 3 aromatic rings. The fourth-order valence-electron chi connectivity index (χ4n) is 5.77. The monoisotopic (exact) mass is 598 g/mol. The van der Waals surface area contributed by atoms with Gasteiger partial charge in [-0.1, -0.05) is 6.07 Å². The maximum absolute atomic E-state index is 13.1. The summed E-state index contributed by atoms with van der Waals surface area (Å²) in [7, 11) is 0. The minimum absolute atomic E-state index is 0.0856. The number of nitrogens with one attached hydrogen (secondary N) is 1. The lowest BCUT2D eigenvalue weighted by Gasteiger charge is -2.23. The van der Waals surface area contributed by atoms with Gasteiger partial charge in [-0.2, -0.15) is 23.1 Å². The van der Waals surface area contributed by atoms with Crippen LogP contribution in [0.1, 0.15) is 59.4 Å². The lowest BCUT2D eigenvalue weighted by molar-refractivity contribution is -0.165. The zero-order chi connectivity index (χ0) is 30.0. The average Bonchev–Trinajstić information content (AvgIpc) is 3.77. The van der Waals surface area contributed by atoms with Crippen molar-refractivity contribution in [3.8, 4) is 17.3 Å². The van der Waals surface area contributed by atoms with E-state index < -0.39 is 17.8 Å². The minimum Gasteiger partial charge on any atom is -0.461 e. The molecule has 3 atom stereocenters. The Bertz CT molecular complexity index is 1480. The first kappa shape index (κ1) is 29.5. The van der Waals surface area contributed by atoms with Crippen molar-refractivity contribution < 1.29 is 36.9 Å². The van der Waals surface area contributed by atoms with Gasteiger partial charge in [-0.05, 0) is 80.8 Å². The Labute approximate surface area is 247 Å². The molecular formula is C31H33F3N4O5. The summed E-state index contributed by atoms with van der Waals surface area (Å²) in [5, 5.41) is 2.70. The second-order valence-corrected chi connectivity index (χ2v) is 11.2. The van der Waals surface area contributed by atoms with Crippen molar-refractivity contribution in [1.29, 1.82) is 0 Å². The Morgan fingerprint density at radius 2 is 2.00 bits per heavy atom. The highest BCUT2D eigenvalue weighted by molar-refractivity contribution is 6.04. The number of anilines is 1. The van der Waals surface area contributed by atoms with Crippen LogP contribution in [0.5, 0.6) is 6.01 Å². The van der Waals surface area contributed by atoms with Crippen LogP contribution in [-0.2, 0) is 25.8 Å². The van der Waals surface area contributed by atoms with Gasteiger partial charge in [0.2, 0.25) is 0 Å². The van der Waals surface area contributed by atoms with Crippen LogP contribution in [0.25, 0.3) is 11.3 Å². The van der Waals surface area contributed by atoms with Crippen LogP contribution < -0.4 is 10.1 Å². The van der Waals surface area contributed by atoms with Crippen LogP contribution in [0.2, 0.25) is 0 Å². The van der Waals surface area contributed by atoms with Crippen molar-refractivity contribution >= 4 is 11.6 Å². The van der Waals surface area contributed by atoms with Gasteiger partial charge in [0.05, 0.1) is 24.6 Å². The predicted molar refractivity (Wildman–Crippen MR) is 150 cm³/mol. The van der Waals surface area contributed by atoms with Gasteiger partial charge in [0.1, 0.15) is 12.3 Å². The minimum atomic E-state index is -4.65. The smallest absolute Gasteiger partial charge is 0.433 e. The highest BCUT2D eigenvalue weighted by atomic mass is 19.4. The van der Waals surface area contributed by atoms with E-state index in [1.54, 1.807) is 12.1 Å². The second kappa shape index (κ2) is 12.2. The molecule has 3 aliphatic rings. The number of nitrogens with zero attached hydrogens (tertiary/aromatic N) is 3. The molecule has 1 saturated carbocycles. The summed E-state index contributed by atoms with van der Waals surface area (Å²) in [5.41, 5.74) is 2.20. The number of ether oxygens (including phenoxy) is 4. The van der Waals surface area contributed by atoms with Crippen LogP contribution >= 0.6 is 0 Å². The summed E-state index contributed by atoms with van der Waals surface area (Å²) < 4.78 is 62.4. The number of carbonyl (C=O) groups excluding carboxylic acids is 1. The molecule has 12 heteroatoms. The van der Waals surface area contributed by atoms with E-state index in [1.807, 2.05) is 19.1 Å². The quantitative estimate of drug-likeness (QED) is 0.312. The molecule has 228 valence electrons. The van der Waals surface area contributed by atoms with E-state index in [0.29, 0.717) is 43.7 Å². The Kier molecular flexibility index (Phi) is 8.34. The molecule has 43 heavy (non-hydrogen) atoms. The largest absolute Gasteiger partial charge is 0.461 e. The lowest BCUT2D eigenvalue weighted by Crippen LogP contribution is -2.25. The molecule has 2 saturated heterocycles. The van der Waals surface area contributed by atoms with E-state index in [9.17, 15) is 18.0 Å². The van der Waals surface area contributed by atoms with Crippen LogP contribution in [-0.4, -0.2) is 60.2 Å². The van der Waals surface area contributed by atoms with Gasteiger partial charge in [0, 0.05) is 41.6 Å². The van der Waals surface area contributed by atoms with Crippen LogP contribution in [0, 0.1) is 12.8 Å². The number of pyridine rings is 1. The van der Waals surface area contributed by atoms with E-state index in [1.165, 1.54) is 6.07 Å². The molecule has 0 spiro atoms. The third kappa shape index (κ3) is 6.66. The van der Waals surface area contributed by atoms with E-state index in [0.717, 1.165) is 61.2 Å². The number of halogens is 3. The molecule has 3 unspecified atom stereocenters. The topological polar surface area (TPSA) is 105 Å². The highest BCUT2D eigenvalue weighted by Crippen LogP contribution is 2.58. The summed E-state index contributed by atoms with van der Waals surface area (Å²) in [6, 6.07) is 9.45. The number of amides is 1. The van der Waals surface area contributed by atoms with Gasteiger partial charge >= 0.3 is 12.2 Å². The van der Waals surface area contributed by atoms with Gasteiger partial charge in [0.15, 0.2) is 6.29 Å². The molecular weight excluding hydrogens is 565 g/mol. The molecule has 2 aromatic heterocycles. The zero-order valence-corrected chi connectivity index (χ0v) is 23.8. The van der Waals surface area contributed by atoms with Gasteiger partial charge < -0.3 is 24.3 Å². The molecule has 1 aromatic carbocycles. The summed E-state index contributed by atoms with van der Waals surface area (Å²) in [4.78, 5) is 25.7. The van der Waals surface area contributed by atoms with Crippen molar-refractivity contribution in [2.24, 2.45) is 5.92 Å². The fourth-order valence-corrected chi connectivity index (χ4v) is 5.77. The van der Waals surface area contributed by atoms with Crippen molar-refractivity contribution in [3.05, 3.63) is 65.1 Å². The number of hydrogen-bond donors (Lipinski definition) is 1. The zero-order valence-electron chi connectivity index (χ0n) is 23.8. The number of benzene rings is 1. The van der Waals surface area contributed by atoms with Crippen LogP contribution in [0.3, 0.4) is 0 Å². The molecule has 1 N–H and O–H groups in total. The third-order valence-corrected chi connectivity index (χ3v) is 8.30. The molecule has 0 bridgehead atoms. The molecule has 0 radical (unpaired) electrons. The third-order valence-electron chi connectivity index (χ3n) is 8.30. The van der Waals surface area contributed by atoms with Gasteiger partial charge in [-0.3, -0.25) is 9.78 Å². The maximum atomic E-state index is 13.1. The molecule has 3 fully saturated rings. The van der Waals surface area contributed by atoms with E-state index in [4.69, 9.17) is 28.9 Å². The predicted octanol–water partition coefficient (Wildman–Crippen LogP) is 5.72. The second-order valence-electron chi connectivity index (χ2n) is 11.2. The summed E-state index contributed by atoms with van der Waals surface area (Å²) in [6.45, 7) is 4.56. The molecule has 9 nitrogen and oxygen atoms in total. The Hall–Kier alpha value is -3.61. The van der Waals surface area contributed by atoms with Crippen molar-refractivity contribution in [2.75, 3.05) is 38.4 Å². The number of aryl methyl sites for hydroxylation is 1. The number of alkyl halides is 3. The van der Waals surface area contributed by atoms with E-state index in [2.05, 4.69) is 10.3 Å². The standard InChI is InChI=1S/C31H33F3N4O5/c1-19-5-6-22(36-28(39)20-7-9-35-26(14-20)31(32,33)34)15-23(19)24-16-25(30-8-11-40-18-21(30)17-30)38-29(37-24)43-13-12-42-27-4-2-3-10-41-27/h5-7,9,14-16,21,27H,2-4,8,10-13,17-18H2,1H3,(H,36,39). The SMILES string of the molecule is Cc1ccc(NC(=O)c2ccnc(C(F)(F)F)c2)cc1-c1cc(C23CCOCC2C3)nc(OCCOC2CCCCO2)n1. The summed E-state index contributed by atoms with van der Waals surface area (Å²) >= 11 is 0. The number of aromatic nitrogens is 3. The first-order valence-corrected chi connectivity index (χ1v) is 14.5. The van der Waals surface area contributed by atoms with Gasteiger partial charge in [0.25, 0.3) is 5.91 Å². The maximum Gasteiger partial charge on any atom is 0.433 e. The van der Waals surface area contributed by atoms with E-state index >= 15 is 0 Å². The fraction of sp³-hybridized carbons (Fsp3) is 0.484. The van der Waals surface area contributed by atoms with Crippen molar-refractivity contribution in [2.45, 2.75) is 56.9 Å². The molecule has 6 rings (SSSR count).